The number of nitrogens with zero attached hydrogens (tertiary/aromatic N) is 4. The lowest BCUT2D eigenvalue weighted by Crippen LogP contribution is -2.01. The molecular formula is C16H16N4OS. The van der Waals surface area contributed by atoms with Gasteiger partial charge in [-0.25, -0.2) is 4.98 Å². The molecule has 6 heteroatoms. The van der Waals surface area contributed by atoms with E-state index >= 15 is 0 Å². The van der Waals surface area contributed by atoms with Crippen molar-refractivity contribution in [1.29, 1.82) is 0 Å². The minimum atomic E-state index is 0.622. The molecule has 5 nitrogen and oxygen atoms in total. The predicted molar refractivity (Wildman–Crippen MR) is 83.8 cm³/mol. The van der Waals surface area contributed by atoms with Gasteiger partial charge >= 0.3 is 0 Å². The van der Waals surface area contributed by atoms with Crippen LogP contribution in [0.3, 0.4) is 0 Å². The van der Waals surface area contributed by atoms with Crippen LogP contribution in [0.25, 0.3) is 11.1 Å². The van der Waals surface area contributed by atoms with Gasteiger partial charge in [0.25, 0.3) is 0 Å². The summed E-state index contributed by atoms with van der Waals surface area (Å²) < 4.78 is 8.15. The fourth-order valence-electron chi connectivity index (χ4n) is 2.79. The van der Waals surface area contributed by atoms with E-state index in [2.05, 4.69) is 19.7 Å². The molecule has 22 heavy (non-hydrogen) atoms. The van der Waals surface area contributed by atoms with Crippen molar-refractivity contribution in [2.75, 3.05) is 0 Å². The maximum atomic E-state index is 5.78. The van der Waals surface area contributed by atoms with Crippen LogP contribution < -0.4 is 0 Å². The first-order chi connectivity index (χ1) is 10.9. The summed E-state index contributed by atoms with van der Waals surface area (Å²) in [6.45, 7) is 0. The SMILES string of the molecule is c1ccc2oc(CSc3nnc(C4CC4)n3C3CC3)nc2c1. The lowest BCUT2D eigenvalue weighted by atomic mass is 10.3. The molecule has 0 unspecified atom stereocenters. The van der Waals surface area contributed by atoms with Gasteiger partial charge in [-0.05, 0) is 37.8 Å². The maximum Gasteiger partial charge on any atom is 0.205 e. The largest absolute Gasteiger partial charge is 0.440 e. The van der Waals surface area contributed by atoms with Gasteiger partial charge in [0.2, 0.25) is 5.89 Å². The van der Waals surface area contributed by atoms with Gasteiger partial charge in [0.05, 0.1) is 5.75 Å². The summed E-state index contributed by atoms with van der Waals surface area (Å²) in [6, 6.07) is 8.50. The quantitative estimate of drug-likeness (QED) is 0.668. The van der Waals surface area contributed by atoms with Crippen molar-refractivity contribution >= 4 is 22.9 Å². The molecule has 5 rings (SSSR count). The average Bonchev–Trinajstić information content (AvgIpc) is 3.46. The smallest absolute Gasteiger partial charge is 0.205 e. The number of aromatic nitrogens is 4. The van der Waals surface area contributed by atoms with E-state index < -0.39 is 0 Å². The minimum absolute atomic E-state index is 0.622. The van der Waals surface area contributed by atoms with Crippen LogP contribution in [0, 0.1) is 0 Å². The van der Waals surface area contributed by atoms with Crippen LogP contribution in [0.5, 0.6) is 0 Å². The molecule has 2 aromatic heterocycles. The standard InChI is InChI=1S/C16H16N4OS/c1-2-4-13-12(3-1)17-14(21-13)9-22-16-19-18-15(10-5-6-10)20(16)11-7-8-11/h1-4,10-11H,5-9H2. The van der Waals surface area contributed by atoms with Crippen molar-refractivity contribution in [3.05, 3.63) is 36.0 Å². The van der Waals surface area contributed by atoms with Crippen LogP contribution in [0.4, 0.5) is 0 Å². The van der Waals surface area contributed by atoms with Crippen molar-refractivity contribution in [2.45, 2.75) is 48.6 Å². The second-order valence-electron chi connectivity index (χ2n) is 6.08. The van der Waals surface area contributed by atoms with Gasteiger partial charge in [0.15, 0.2) is 10.7 Å². The molecule has 2 aliphatic rings. The summed E-state index contributed by atoms with van der Waals surface area (Å²) in [4.78, 5) is 4.53. The molecule has 0 aliphatic heterocycles. The third kappa shape index (κ3) is 2.22. The molecule has 0 radical (unpaired) electrons. The molecule has 2 fully saturated rings. The van der Waals surface area contributed by atoms with Gasteiger partial charge in [0, 0.05) is 12.0 Å². The molecule has 2 aliphatic carbocycles. The molecule has 0 saturated heterocycles. The minimum Gasteiger partial charge on any atom is -0.440 e. The maximum absolute atomic E-state index is 5.78. The molecule has 0 N–H and O–H groups in total. The van der Waals surface area contributed by atoms with E-state index in [-0.39, 0.29) is 0 Å². The summed E-state index contributed by atoms with van der Waals surface area (Å²) in [5, 5.41) is 9.87. The summed E-state index contributed by atoms with van der Waals surface area (Å²) in [5.41, 5.74) is 1.76. The normalized spacial score (nSPS) is 18.2. The second-order valence-corrected chi connectivity index (χ2v) is 7.02. The topological polar surface area (TPSA) is 56.7 Å². The van der Waals surface area contributed by atoms with E-state index in [1.165, 1.54) is 31.5 Å². The molecule has 2 saturated carbocycles. The molecule has 112 valence electrons. The van der Waals surface area contributed by atoms with Crippen molar-refractivity contribution < 1.29 is 4.42 Å². The van der Waals surface area contributed by atoms with Crippen LogP contribution in [0.2, 0.25) is 0 Å². The van der Waals surface area contributed by atoms with Crippen molar-refractivity contribution in [1.82, 2.24) is 19.7 Å². The fraction of sp³-hybridized carbons (Fsp3) is 0.438. The predicted octanol–water partition coefficient (Wildman–Crippen LogP) is 3.92. The van der Waals surface area contributed by atoms with Gasteiger partial charge in [0.1, 0.15) is 11.3 Å². The molecule has 0 spiro atoms. The monoisotopic (exact) mass is 312 g/mol. The highest BCUT2D eigenvalue weighted by Crippen LogP contribution is 2.46. The number of hydrogen-bond acceptors (Lipinski definition) is 5. The Kier molecular flexibility index (Phi) is 2.80. The van der Waals surface area contributed by atoms with Crippen LogP contribution in [-0.2, 0) is 5.75 Å². The molecule has 1 aromatic carbocycles. The lowest BCUT2D eigenvalue weighted by Gasteiger charge is -2.06. The second kappa shape index (κ2) is 4.84. The van der Waals surface area contributed by atoms with Crippen LogP contribution in [-0.4, -0.2) is 19.7 Å². The molecule has 0 amide bonds. The average molecular weight is 312 g/mol. The lowest BCUT2D eigenvalue weighted by molar-refractivity contribution is 0.555. The third-order valence-electron chi connectivity index (χ3n) is 4.21. The molecule has 0 bridgehead atoms. The van der Waals surface area contributed by atoms with Gasteiger partial charge < -0.3 is 8.98 Å². The Balaban J connectivity index is 1.39. The van der Waals surface area contributed by atoms with E-state index in [9.17, 15) is 0 Å². The molecule has 3 aromatic rings. The number of fused-ring (bicyclic) bond motifs is 1. The third-order valence-corrected chi connectivity index (χ3v) is 5.14. The van der Waals surface area contributed by atoms with E-state index in [0.29, 0.717) is 17.7 Å². The van der Waals surface area contributed by atoms with E-state index in [4.69, 9.17) is 4.42 Å². The van der Waals surface area contributed by atoms with Crippen molar-refractivity contribution in [3.63, 3.8) is 0 Å². The van der Waals surface area contributed by atoms with E-state index in [1.54, 1.807) is 11.8 Å². The summed E-state index contributed by atoms with van der Waals surface area (Å²) in [7, 11) is 0. The van der Waals surface area contributed by atoms with E-state index in [1.807, 2.05) is 24.3 Å². The summed E-state index contributed by atoms with van der Waals surface area (Å²) in [5.74, 6) is 3.29. The Morgan fingerprint density at radius 3 is 2.77 bits per heavy atom. The zero-order valence-electron chi connectivity index (χ0n) is 12.1. The number of hydrogen-bond donors (Lipinski definition) is 0. The van der Waals surface area contributed by atoms with Crippen molar-refractivity contribution in [2.24, 2.45) is 0 Å². The highest BCUT2D eigenvalue weighted by molar-refractivity contribution is 7.98. The Hall–Kier alpha value is -1.82. The zero-order valence-corrected chi connectivity index (χ0v) is 12.9. The van der Waals surface area contributed by atoms with Gasteiger partial charge in [-0.1, -0.05) is 23.9 Å². The Labute approximate surface area is 132 Å². The first-order valence-corrected chi connectivity index (χ1v) is 8.79. The van der Waals surface area contributed by atoms with Crippen molar-refractivity contribution in [3.8, 4) is 0 Å². The summed E-state index contributed by atoms with van der Waals surface area (Å²) >= 11 is 1.68. The number of benzene rings is 1. The first kappa shape index (κ1) is 12.7. The summed E-state index contributed by atoms with van der Waals surface area (Å²) in [6.07, 6.45) is 5.05. The molecule has 2 heterocycles. The van der Waals surface area contributed by atoms with Crippen LogP contribution in [0.15, 0.2) is 33.8 Å². The number of oxazole rings is 1. The number of thioether (sulfide) groups is 1. The Morgan fingerprint density at radius 1 is 1.14 bits per heavy atom. The number of rotatable bonds is 5. The van der Waals surface area contributed by atoms with Gasteiger partial charge in [-0.15, -0.1) is 10.2 Å². The van der Waals surface area contributed by atoms with Crippen LogP contribution in [0.1, 0.15) is 49.4 Å². The van der Waals surface area contributed by atoms with E-state index in [0.717, 1.165) is 22.1 Å². The highest BCUT2D eigenvalue weighted by Gasteiger charge is 2.36. The Bertz CT molecular complexity index is 799. The zero-order chi connectivity index (χ0) is 14.5. The first-order valence-electron chi connectivity index (χ1n) is 7.80. The molecule has 0 atom stereocenters. The Morgan fingerprint density at radius 2 is 2.00 bits per heavy atom. The highest BCUT2D eigenvalue weighted by atomic mass is 32.2. The molecular weight excluding hydrogens is 296 g/mol. The number of para-hydroxylation sites is 2. The van der Waals surface area contributed by atoms with Gasteiger partial charge in [-0.2, -0.15) is 0 Å². The fourth-order valence-corrected chi connectivity index (χ4v) is 3.65. The van der Waals surface area contributed by atoms with Crippen LogP contribution >= 0.6 is 11.8 Å². The van der Waals surface area contributed by atoms with Gasteiger partial charge in [-0.3, -0.25) is 0 Å².